The molecule has 0 saturated heterocycles. The van der Waals surface area contributed by atoms with E-state index in [1.54, 1.807) is 60.7 Å². The molecule has 0 fully saturated rings. The molecule has 3 rings (SSSR count). The molecule has 0 spiro atoms. The van der Waals surface area contributed by atoms with Crippen molar-refractivity contribution < 1.29 is 19.1 Å². The Balaban J connectivity index is 1.47. The average Bonchev–Trinajstić information content (AvgIpc) is 2.77. The number of benzene rings is 2. The Morgan fingerprint density at radius 1 is 0.786 bits per heavy atom. The molecule has 7 nitrogen and oxygen atoms in total. The molecule has 0 radical (unpaired) electrons. The summed E-state index contributed by atoms with van der Waals surface area (Å²) in [6.45, 7) is -0.297. The summed E-state index contributed by atoms with van der Waals surface area (Å²) in [4.78, 5) is 39.8. The van der Waals surface area contributed by atoms with Crippen molar-refractivity contribution >= 4 is 17.6 Å². The summed E-state index contributed by atoms with van der Waals surface area (Å²) < 4.78 is 5.36. The summed E-state index contributed by atoms with van der Waals surface area (Å²) in [7, 11) is 0. The van der Waals surface area contributed by atoms with Gasteiger partial charge in [0.05, 0.1) is 0 Å². The zero-order chi connectivity index (χ0) is 19.8. The minimum absolute atomic E-state index is 0.0953. The van der Waals surface area contributed by atoms with Crippen molar-refractivity contribution in [3.63, 3.8) is 0 Å². The van der Waals surface area contributed by atoms with Gasteiger partial charge in [-0.3, -0.25) is 30.2 Å². The van der Waals surface area contributed by atoms with E-state index < -0.39 is 11.8 Å². The van der Waals surface area contributed by atoms with Crippen LogP contribution in [0.4, 0.5) is 0 Å². The second-order valence-electron chi connectivity index (χ2n) is 5.73. The molecular formula is C21H17N3O4. The SMILES string of the molecule is O=C(COc1ccc(C(=O)c2ccccc2)cc1)NNC(=O)c1ccccn1. The van der Waals surface area contributed by atoms with Crippen LogP contribution in [0.5, 0.6) is 5.75 Å². The summed E-state index contributed by atoms with van der Waals surface area (Å²) in [6, 6.07) is 20.3. The molecule has 2 amide bonds. The lowest BCUT2D eigenvalue weighted by Crippen LogP contribution is -2.44. The normalized spacial score (nSPS) is 10.0. The molecule has 0 aliphatic rings. The summed E-state index contributed by atoms with van der Waals surface area (Å²) in [5, 5.41) is 0. The van der Waals surface area contributed by atoms with Crippen molar-refractivity contribution in [2.45, 2.75) is 0 Å². The van der Waals surface area contributed by atoms with Crippen molar-refractivity contribution in [3.05, 3.63) is 95.8 Å². The number of ketones is 1. The Hall–Kier alpha value is -4.00. The van der Waals surface area contributed by atoms with E-state index in [4.69, 9.17) is 4.74 Å². The molecule has 1 heterocycles. The first kappa shape index (κ1) is 18.8. The number of hydrogen-bond acceptors (Lipinski definition) is 5. The fourth-order valence-corrected chi connectivity index (χ4v) is 2.33. The van der Waals surface area contributed by atoms with Crippen molar-refractivity contribution in [2.24, 2.45) is 0 Å². The molecule has 0 aliphatic carbocycles. The van der Waals surface area contributed by atoms with Gasteiger partial charge in [-0.05, 0) is 36.4 Å². The number of nitrogens with zero attached hydrogens (tertiary/aromatic N) is 1. The molecule has 28 heavy (non-hydrogen) atoms. The largest absolute Gasteiger partial charge is 0.484 e. The van der Waals surface area contributed by atoms with E-state index in [0.29, 0.717) is 16.9 Å². The maximum absolute atomic E-state index is 12.3. The average molecular weight is 375 g/mol. The fourth-order valence-electron chi connectivity index (χ4n) is 2.33. The number of carbonyl (C=O) groups is 3. The van der Waals surface area contributed by atoms with Gasteiger partial charge in [-0.15, -0.1) is 0 Å². The molecule has 140 valence electrons. The standard InChI is InChI=1S/C21H17N3O4/c25-19(23-24-21(27)18-8-4-5-13-22-18)14-28-17-11-9-16(10-12-17)20(26)15-6-2-1-3-7-15/h1-13H,14H2,(H,23,25)(H,24,27). The molecule has 7 heteroatoms. The Morgan fingerprint density at radius 3 is 2.14 bits per heavy atom. The maximum atomic E-state index is 12.3. The Bertz CT molecular complexity index is 958. The third-order valence-corrected chi connectivity index (χ3v) is 3.74. The van der Waals surface area contributed by atoms with E-state index in [0.717, 1.165) is 0 Å². The zero-order valence-electron chi connectivity index (χ0n) is 14.8. The van der Waals surface area contributed by atoms with Crippen molar-refractivity contribution in [3.8, 4) is 5.75 Å². The molecule has 0 aliphatic heterocycles. The van der Waals surface area contributed by atoms with Crippen LogP contribution in [0.2, 0.25) is 0 Å². The number of aromatic nitrogens is 1. The molecule has 0 unspecified atom stereocenters. The smallest absolute Gasteiger partial charge is 0.288 e. The van der Waals surface area contributed by atoms with Crippen LogP contribution in [0.3, 0.4) is 0 Å². The van der Waals surface area contributed by atoms with Crippen molar-refractivity contribution in [2.75, 3.05) is 6.61 Å². The maximum Gasteiger partial charge on any atom is 0.288 e. The van der Waals surface area contributed by atoms with Crippen molar-refractivity contribution in [1.29, 1.82) is 0 Å². The first-order valence-corrected chi connectivity index (χ1v) is 8.46. The van der Waals surface area contributed by atoms with E-state index in [1.165, 1.54) is 12.3 Å². The van der Waals surface area contributed by atoms with E-state index in [2.05, 4.69) is 15.8 Å². The number of hydrogen-bond donors (Lipinski definition) is 2. The van der Waals surface area contributed by atoms with Gasteiger partial charge in [0, 0.05) is 17.3 Å². The van der Waals surface area contributed by atoms with Gasteiger partial charge >= 0.3 is 0 Å². The highest BCUT2D eigenvalue weighted by atomic mass is 16.5. The summed E-state index contributed by atoms with van der Waals surface area (Å²) in [5.74, 6) is -0.732. The second kappa shape index (κ2) is 9.09. The van der Waals surface area contributed by atoms with Gasteiger partial charge in [0.1, 0.15) is 11.4 Å². The lowest BCUT2D eigenvalue weighted by Gasteiger charge is -2.09. The number of hydrazine groups is 1. The number of amides is 2. The van der Waals surface area contributed by atoms with Gasteiger partial charge in [0.2, 0.25) is 0 Å². The quantitative estimate of drug-likeness (QED) is 0.508. The fraction of sp³-hybridized carbons (Fsp3) is 0.0476. The van der Waals surface area contributed by atoms with E-state index in [9.17, 15) is 14.4 Å². The number of ether oxygens (including phenoxy) is 1. The highest BCUT2D eigenvalue weighted by Crippen LogP contribution is 2.15. The number of carbonyl (C=O) groups excluding carboxylic acids is 3. The molecule has 0 bridgehead atoms. The second-order valence-corrected chi connectivity index (χ2v) is 5.73. The van der Waals surface area contributed by atoms with Crippen LogP contribution in [-0.2, 0) is 4.79 Å². The first-order chi connectivity index (χ1) is 13.6. The predicted octanol–water partition coefficient (Wildman–Crippen LogP) is 2.15. The minimum atomic E-state index is -0.534. The van der Waals surface area contributed by atoms with E-state index in [-0.39, 0.29) is 18.1 Å². The molecule has 0 atom stereocenters. The molecule has 1 aromatic heterocycles. The minimum Gasteiger partial charge on any atom is -0.484 e. The van der Waals surface area contributed by atoms with Crippen LogP contribution in [0.15, 0.2) is 79.0 Å². The number of rotatable bonds is 6. The molecule has 2 aromatic carbocycles. The van der Waals surface area contributed by atoms with Crippen LogP contribution in [0.1, 0.15) is 26.4 Å². The molecule has 3 aromatic rings. The lowest BCUT2D eigenvalue weighted by molar-refractivity contribution is -0.123. The third kappa shape index (κ3) is 5.01. The van der Waals surface area contributed by atoms with E-state index >= 15 is 0 Å². The zero-order valence-corrected chi connectivity index (χ0v) is 14.8. The highest BCUT2D eigenvalue weighted by Gasteiger charge is 2.10. The van der Waals surface area contributed by atoms with Crippen LogP contribution in [-0.4, -0.2) is 29.2 Å². The summed E-state index contributed by atoms with van der Waals surface area (Å²) in [5.41, 5.74) is 5.79. The topological polar surface area (TPSA) is 97.4 Å². The van der Waals surface area contributed by atoms with Gasteiger partial charge in [0.15, 0.2) is 12.4 Å². The van der Waals surface area contributed by atoms with Gasteiger partial charge in [0.25, 0.3) is 11.8 Å². The Labute approximate surface area is 161 Å². The van der Waals surface area contributed by atoms with Crippen LogP contribution >= 0.6 is 0 Å². The summed E-state index contributed by atoms with van der Waals surface area (Å²) in [6.07, 6.45) is 1.48. The van der Waals surface area contributed by atoms with Gasteiger partial charge < -0.3 is 4.74 Å². The van der Waals surface area contributed by atoms with Crippen molar-refractivity contribution in [1.82, 2.24) is 15.8 Å². The highest BCUT2D eigenvalue weighted by molar-refractivity contribution is 6.09. The number of nitrogens with one attached hydrogen (secondary N) is 2. The van der Waals surface area contributed by atoms with Crippen LogP contribution in [0.25, 0.3) is 0 Å². The molecular weight excluding hydrogens is 358 g/mol. The van der Waals surface area contributed by atoms with Crippen LogP contribution in [0, 0.1) is 0 Å². The molecule has 2 N–H and O–H groups in total. The lowest BCUT2D eigenvalue weighted by atomic mass is 10.0. The number of pyridine rings is 1. The molecule has 0 saturated carbocycles. The first-order valence-electron chi connectivity index (χ1n) is 8.46. The van der Waals surface area contributed by atoms with Gasteiger partial charge in [-0.2, -0.15) is 0 Å². The summed E-state index contributed by atoms with van der Waals surface area (Å²) >= 11 is 0. The van der Waals surface area contributed by atoms with E-state index in [1.807, 2.05) is 6.07 Å². The van der Waals surface area contributed by atoms with Gasteiger partial charge in [-0.1, -0.05) is 36.4 Å². The van der Waals surface area contributed by atoms with Gasteiger partial charge in [-0.25, -0.2) is 0 Å². The van der Waals surface area contributed by atoms with Crippen LogP contribution < -0.4 is 15.6 Å². The third-order valence-electron chi connectivity index (χ3n) is 3.74. The Kier molecular flexibility index (Phi) is 6.10. The predicted molar refractivity (Wildman–Crippen MR) is 102 cm³/mol. The monoisotopic (exact) mass is 375 g/mol. The Morgan fingerprint density at radius 2 is 1.46 bits per heavy atom.